The molecule has 6 aromatic carbocycles. The molecule has 0 bridgehead atoms. The van der Waals surface area contributed by atoms with Crippen molar-refractivity contribution in [2.45, 2.75) is 32.2 Å². The summed E-state index contributed by atoms with van der Waals surface area (Å²) in [6.07, 6.45) is 5.76. The number of aromatic nitrogens is 1. The summed E-state index contributed by atoms with van der Waals surface area (Å²) < 4.78 is 10.3. The van der Waals surface area contributed by atoms with E-state index in [9.17, 15) is 0 Å². The number of furan rings is 1. The summed E-state index contributed by atoms with van der Waals surface area (Å²) >= 11 is 1.82. The van der Waals surface area contributed by atoms with Crippen molar-refractivity contribution in [2.24, 2.45) is 4.99 Å². The molecule has 1 aliphatic heterocycles. The molecule has 5 heteroatoms. The molecule has 2 aliphatic rings. The zero-order valence-corrected chi connectivity index (χ0v) is 27.8. The molecule has 234 valence electrons. The number of para-hydroxylation sites is 2. The smallest absolute Gasteiger partial charge is 0.208 e. The zero-order valence-electron chi connectivity index (χ0n) is 27.0. The molecule has 0 amide bonds. The van der Waals surface area contributed by atoms with E-state index in [1.54, 1.807) is 0 Å². The number of allylic oxidation sites excluding steroid dienone is 1. The number of fused-ring (bicyclic) bond motifs is 12. The molecule has 4 nitrogen and oxygen atoms in total. The van der Waals surface area contributed by atoms with Gasteiger partial charge in [0.25, 0.3) is 0 Å². The molecular weight excluding hydrogens is 619 g/mol. The van der Waals surface area contributed by atoms with Gasteiger partial charge < -0.3 is 9.73 Å². The average Bonchev–Trinajstić information content (AvgIpc) is 3.82. The van der Waals surface area contributed by atoms with Gasteiger partial charge in [0, 0.05) is 37.2 Å². The third-order valence-corrected chi connectivity index (χ3v) is 12.0. The van der Waals surface area contributed by atoms with Gasteiger partial charge in [-0.05, 0) is 71.5 Å². The second-order valence-corrected chi connectivity index (χ2v) is 14.5. The molecule has 4 heterocycles. The SMILES string of the molecule is CCC1=Cc2c(ccc3c2c2cc4ccccc4cc2n3C2=NC(c3cccc4c3oc3ccccc34)c3sc4ccccc4c3N2)CC1. The number of nitrogens with one attached hydrogen (secondary N) is 1. The van der Waals surface area contributed by atoms with E-state index >= 15 is 0 Å². The van der Waals surface area contributed by atoms with E-state index in [1.165, 1.54) is 58.7 Å². The van der Waals surface area contributed by atoms with Crippen LogP contribution in [0.2, 0.25) is 0 Å². The molecular formula is C44H31N3OS. The molecule has 0 spiro atoms. The summed E-state index contributed by atoms with van der Waals surface area (Å²) in [6.45, 7) is 2.28. The van der Waals surface area contributed by atoms with Gasteiger partial charge in [-0.15, -0.1) is 11.3 Å². The van der Waals surface area contributed by atoms with Crippen molar-refractivity contribution < 1.29 is 4.42 Å². The minimum atomic E-state index is -0.245. The van der Waals surface area contributed by atoms with E-state index < -0.39 is 0 Å². The first-order valence-corrected chi connectivity index (χ1v) is 18.0. The Labute approximate surface area is 286 Å². The standard InChI is InChI=1S/C44H31N3OS/c1-2-25-18-19-26-20-21-35-39(33(26)22-25)34-23-27-10-3-4-11-28(27)24-36(34)47(35)44-45-40-31-13-6-8-17-38(31)49-43(40)41(46-44)32-15-9-14-30-29-12-5-7-16-37(29)48-42(30)32/h3-17,20-24,41H,2,18-19H2,1H3,(H,45,46). The summed E-state index contributed by atoms with van der Waals surface area (Å²) in [5, 5.41) is 12.4. The fourth-order valence-electron chi connectivity index (χ4n) is 8.34. The van der Waals surface area contributed by atoms with E-state index in [-0.39, 0.29) is 6.04 Å². The molecule has 0 fully saturated rings. The summed E-state index contributed by atoms with van der Waals surface area (Å²) in [7, 11) is 0. The van der Waals surface area contributed by atoms with Crippen LogP contribution in [0.25, 0.3) is 70.7 Å². The molecule has 1 unspecified atom stereocenters. The summed E-state index contributed by atoms with van der Waals surface area (Å²) in [5.41, 5.74) is 10.7. The quantitative estimate of drug-likeness (QED) is 0.202. The van der Waals surface area contributed by atoms with Gasteiger partial charge in [0.15, 0.2) is 0 Å². The van der Waals surface area contributed by atoms with Gasteiger partial charge in [-0.1, -0.05) is 104 Å². The monoisotopic (exact) mass is 649 g/mol. The van der Waals surface area contributed by atoms with Crippen LogP contribution in [0.15, 0.2) is 130 Å². The molecule has 1 atom stereocenters. The highest BCUT2D eigenvalue weighted by molar-refractivity contribution is 7.20. The summed E-state index contributed by atoms with van der Waals surface area (Å²) in [6, 6.07) is 41.4. The van der Waals surface area contributed by atoms with Crippen molar-refractivity contribution in [3.63, 3.8) is 0 Å². The Kier molecular flexibility index (Phi) is 5.67. The van der Waals surface area contributed by atoms with Crippen molar-refractivity contribution in [3.8, 4) is 0 Å². The molecule has 0 saturated carbocycles. The van der Waals surface area contributed by atoms with Crippen LogP contribution < -0.4 is 5.32 Å². The van der Waals surface area contributed by atoms with Crippen LogP contribution in [-0.4, -0.2) is 10.5 Å². The Bertz CT molecular complexity index is 2920. The van der Waals surface area contributed by atoms with Crippen LogP contribution in [0.3, 0.4) is 0 Å². The van der Waals surface area contributed by atoms with Crippen molar-refractivity contribution in [2.75, 3.05) is 5.32 Å². The van der Waals surface area contributed by atoms with Crippen LogP contribution in [-0.2, 0) is 6.42 Å². The number of thiophene rings is 1. The fourth-order valence-corrected chi connectivity index (χ4v) is 9.56. The zero-order chi connectivity index (χ0) is 32.2. The van der Waals surface area contributed by atoms with Crippen molar-refractivity contribution >= 4 is 93.7 Å². The molecule has 9 aromatic rings. The van der Waals surface area contributed by atoms with E-state index in [0.29, 0.717) is 0 Å². The Morgan fingerprint density at radius 3 is 2.47 bits per heavy atom. The van der Waals surface area contributed by atoms with Gasteiger partial charge in [0.05, 0.1) is 21.6 Å². The van der Waals surface area contributed by atoms with Crippen molar-refractivity contribution in [1.29, 1.82) is 0 Å². The number of aryl methyl sites for hydroxylation is 1. The van der Waals surface area contributed by atoms with Crippen LogP contribution in [0, 0.1) is 0 Å². The molecule has 1 N–H and O–H groups in total. The molecule has 11 rings (SSSR count). The first kappa shape index (κ1) is 27.3. The second-order valence-electron chi connectivity index (χ2n) is 13.4. The molecule has 0 saturated heterocycles. The third-order valence-electron chi connectivity index (χ3n) is 10.7. The number of anilines is 1. The Morgan fingerprint density at radius 1 is 0.776 bits per heavy atom. The maximum absolute atomic E-state index is 6.63. The first-order valence-electron chi connectivity index (χ1n) is 17.2. The fraction of sp³-hybridized carbons (Fsp3) is 0.114. The van der Waals surface area contributed by atoms with Crippen LogP contribution in [0.4, 0.5) is 5.69 Å². The molecule has 3 aromatic heterocycles. The lowest BCUT2D eigenvalue weighted by Crippen LogP contribution is -2.26. The number of aliphatic imine (C=N–C) groups is 1. The van der Waals surface area contributed by atoms with Gasteiger partial charge in [0.2, 0.25) is 5.96 Å². The lowest BCUT2D eigenvalue weighted by Gasteiger charge is -2.25. The predicted molar refractivity (Wildman–Crippen MR) is 207 cm³/mol. The largest absolute Gasteiger partial charge is 0.456 e. The first-order chi connectivity index (χ1) is 24.2. The summed E-state index contributed by atoms with van der Waals surface area (Å²) in [4.78, 5) is 6.88. The van der Waals surface area contributed by atoms with E-state index in [4.69, 9.17) is 9.41 Å². The predicted octanol–water partition coefficient (Wildman–Crippen LogP) is 12.2. The number of benzene rings is 6. The highest BCUT2D eigenvalue weighted by atomic mass is 32.1. The number of rotatable bonds is 2. The highest BCUT2D eigenvalue weighted by Gasteiger charge is 2.32. The Hall–Kier alpha value is -5.65. The van der Waals surface area contributed by atoms with Gasteiger partial charge >= 0.3 is 0 Å². The third kappa shape index (κ3) is 3.88. The molecule has 0 radical (unpaired) electrons. The lowest BCUT2D eigenvalue weighted by atomic mass is 9.88. The minimum absolute atomic E-state index is 0.245. The van der Waals surface area contributed by atoms with Gasteiger partial charge in [-0.3, -0.25) is 4.57 Å². The van der Waals surface area contributed by atoms with E-state index in [1.807, 2.05) is 17.4 Å². The summed E-state index contributed by atoms with van der Waals surface area (Å²) in [5.74, 6) is 0.833. The maximum atomic E-state index is 6.63. The van der Waals surface area contributed by atoms with Crippen molar-refractivity contribution in [3.05, 3.63) is 142 Å². The highest BCUT2D eigenvalue weighted by Crippen LogP contribution is 2.48. The van der Waals surface area contributed by atoms with Gasteiger partial charge in [-0.2, -0.15) is 0 Å². The number of hydrogen-bond acceptors (Lipinski definition) is 4. The lowest BCUT2D eigenvalue weighted by molar-refractivity contribution is 0.658. The average molecular weight is 650 g/mol. The van der Waals surface area contributed by atoms with Crippen LogP contribution in [0.5, 0.6) is 0 Å². The molecule has 49 heavy (non-hydrogen) atoms. The Morgan fingerprint density at radius 2 is 1.57 bits per heavy atom. The van der Waals surface area contributed by atoms with Crippen LogP contribution >= 0.6 is 11.3 Å². The number of nitrogens with zero attached hydrogens (tertiary/aromatic N) is 2. The number of hydrogen-bond donors (Lipinski definition) is 1. The Balaban J connectivity index is 1.24. The van der Waals surface area contributed by atoms with Crippen LogP contribution in [0.1, 0.15) is 47.4 Å². The normalized spacial score (nSPS) is 16.0. The molecule has 1 aliphatic carbocycles. The van der Waals surface area contributed by atoms with Crippen molar-refractivity contribution in [1.82, 2.24) is 4.57 Å². The van der Waals surface area contributed by atoms with Gasteiger partial charge in [0.1, 0.15) is 17.2 Å². The minimum Gasteiger partial charge on any atom is -0.456 e. The van der Waals surface area contributed by atoms with Gasteiger partial charge in [-0.25, -0.2) is 4.99 Å². The topological polar surface area (TPSA) is 42.5 Å². The van der Waals surface area contributed by atoms with E-state index in [0.717, 1.165) is 63.9 Å². The van der Waals surface area contributed by atoms with E-state index in [2.05, 4.69) is 132 Å². The second kappa shape index (κ2) is 10.2. The maximum Gasteiger partial charge on any atom is 0.208 e.